The minimum atomic E-state index is -3.30. The van der Waals surface area contributed by atoms with E-state index in [1.165, 1.54) is 10.6 Å². The van der Waals surface area contributed by atoms with Crippen LogP contribution in [0, 0.1) is 5.92 Å². The molecular formula is C15H29N3O4S. The minimum Gasteiger partial charge on any atom is -0.383 e. The molecule has 2 saturated heterocycles. The molecular weight excluding hydrogens is 318 g/mol. The largest absolute Gasteiger partial charge is 0.383 e. The van der Waals surface area contributed by atoms with Gasteiger partial charge in [0.05, 0.1) is 12.9 Å². The summed E-state index contributed by atoms with van der Waals surface area (Å²) in [4.78, 5) is 14.7. The average Bonchev–Trinajstić information content (AvgIpc) is 3.01. The molecule has 0 aromatic heterocycles. The van der Waals surface area contributed by atoms with Crippen molar-refractivity contribution in [2.45, 2.75) is 31.7 Å². The van der Waals surface area contributed by atoms with E-state index >= 15 is 0 Å². The smallest absolute Gasteiger partial charge is 0.238 e. The molecule has 1 atom stereocenters. The Kier molecular flexibility index (Phi) is 6.82. The third-order valence-electron chi connectivity index (χ3n) is 4.82. The van der Waals surface area contributed by atoms with Crippen molar-refractivity contribution in [1.82, 2.24) is 14.5 Å². The maximum absolute atomic E-state index is 12.3. The van der Waals surface area contributed by atoms with Crippen LogP contribution in [-0.2, 0) is 19.6 Å². The topological polar surface area (TPSA) is 79.0 Å². The molecule has 2 fully saturated rings. The van der Waals surface area contributed by atoms with Crippen LogP contribution in [0.4, 0.5) is 0 Å². The van der Waals surface area contributed by atoms with Crippen LogP contribution < -0.4 is 5.32 Å². The van der Waals surface area contributed by atoms with Crippen molar-refractivity contribution < 1.29 is 17.9 Å². The minimum absolute atomic E-state index is 0.144. The SMILES string of the molecule is COCCN1CCC(CNC(=O)[C@H]2CCCN2S(C)(=O)=O)CC1. The molecule has 0 saturated carbocycles. The van der Waals surface area contributed by atoms with Crippen LogP contribution in [0.3, 0.4) is 0 Å². The highest BCUT2D eigenvalue weighted by atomic mass is 32.2. The second kappa shape index (κ2) is 8.41. The van der Waals surface area contributed by atoms with Gasteiger partial charge in [0.2, 0.25) is 15.9 Å². The zero-order chi connectivity index (χ0) is 16.9. The number of nitrogens with one attached hydrogen (secondary N) is 1. The summed E-state index contributed by atoms with van der Waals surface area (Å²) in [6, 6.07) is -0.521. The van der Waals surface area contributed by atoms with Crippen molar-refractivity contribution in [3.63, 3.8) is 0 Å². The van der Waals surface area contributed by atoms with Crippen molar-refractivity contribution in [3.8, 4) is 0 Å². The van der Waals surface area contributed by atoms with E-state index in [-0.39, 0.29) is 5.91 Å². The summed E-state index contributed by atoms with van der Waals surface area (Å²) in [6.07, 6.45) is 4.67. The molecule has 0 unspecified atom stereocenters. The first-order valence-corrected chi connectivity index (χ1v) is 10.2. The number of hydrogen-bond acceptors (Lipinski definition) is 5. The Morgan fingerprint density at radius 2 is 1.91 bits per heavy atom. The monoisotopic (exact) mass is 347 g/mol. The zero-order valence-electron chi connectivity index (χ0n) is 14.2. The number of rotatable bonds is 7. The Hall–Kier alpha value is -0.700. The highest BCUT2D eigenvalue weighted by Crippen LogP contribution is 2.21. The summed E-state index contributed by atoms with van der Waals surface area (Å²) in [6.45, 7) is 4.87. The second-order valence-electron chi connectivity index (χ2n) is 6.55. The number of methoxy groups -OCH3 is 1. The molecule has 0 aliphatic carbocycles. The van der Waals surface area contributed by atoms with Crippen LogP contribution >= 0.6 is 0 Å². The number of piperidine rings is 1. The van der Waals surface area contributed by atoms with Crippen LogP contribution in [0.1, 0.15) is 25.7 Å². The summed E-state index contributed by atoms with van der Waals surface area (Å²) in [5, 5.41) is 2.97. The van der Waals surface area contributed by atoms with Gasteiger partial charge in [0.25, 0.3) is 0 Å². The Bertz CT molecular complexity index is 489. The van der Waals surface area contributed by atoms with Gasteiger partial charge in [-0.1, -0.05) is 0 Å². The molecule has 0 radical (unpaired) electrons. The molecule has 0 spiro atoms. The van der Waals surface area contributed by atoms with E-state index in [4.69, 9.17) is 4.74 Å². The van der Waals surface area contributed by atoms with Gasteiger partial charge in [-0.05, 0) is 44.7 Å². The van der Waals surface area contributed by atoms with E-state index in [1.807, 2.05) is 0 Å². The second-order valence-corrected chi connectivity index (χ2v) is 8.49. The Labute approximate surface area is 139 Å². The zero-order valence-corrected chi connectivity index (χ0v) is 15.0. The van der Waals surface area contributed by atoms with Crippen LogP contribution in [0.5, 0.6) is 0 Å². The summed E-state index contributed by atoms with van der Waals surface area (Å²) >= 11 is 0. The van der Waals surface area contributed by atoms with Gasteiger partial charge in [-0.3, -0.25) is 4.79 Å². The normalized spacial score (nSPS) is 24.9. The van der Waals surface area contributed by atoms with E-state index in [0.717, 1.165) is 45.5 Å². The molecule has 7 nitrogen and oxygen atoms in total. The quantitative estimate of drug-likeness (QED) is 0.695. The van der Waals surface area contributed by atoms with Crippen molar-refractivity contribution in [3.05, 3.63) is 0 Å². The number of ether oxygens (including phenoxy) is 1. The Morgan fingerprint density at radius 1 is 1.22 bits per heavy atom. The van der Waals surface area contributed by atoms with Crippen molar-refractivity contribution in [2.75, 3.05) is 52.7 Å². The fourth-order valence-electron chi connectivity index (χ4n) is 3.40. The molecule has 2 rings (SSSR count). The van der Waals surface area contributed by atoms with Gasteiger partial charge in [0.15, 0.2) is 0 Å². The molecule has 2 aliphatic rings. The maximum Gasteiger partial charge on any atom is 0.238 e. The third-order valence-corrected chi connectivity index (χ3v) is 6.11. The molecule has 8 heteroatoms. The number of likely N-dealkylation sites (tertiary alicyclic amines) is 1. The average molecular weight is 347 g/mol. The molecule has 134 valence electrons. The van der Waals surface area contributed by atoms with Gasteiger partial charge in [-0.25, -0.2) is 8.42 Å². The summed E-state index contributed by atoms with van der Waals surface area (Å²) in [7, 11) is -1.59. The molecule has 2 aliphatic heterocycles. The van der Waals surface area contributed by atoms with Gasteiger partial charge in [-0.2, -0.15) is 4.31 Å². The number of nitrogens with zero attached hydrogens (tertiary/aromatic N) is 2. The molecule has 0 aromatic carbocycles. The molecule has 0 bridgehead atoms. The van der Waals surface area contributed by atoms with E-state index in [2.05, 4.69) is 10.2 Å². The van der Waals surface area contributed by atoms with Gasteiger partial charge < -0.3 is 15.0 Å². The van der Waals surface area contributed by atoms with Crippen molar-refractivity contribution in [1.29, 1.82) is 0 Å². The maximum atomic E-state index is 12.3. The van der Waals surface area contributed by atoms with Crippen molar-refractivity contribution >= 4 is 15.9 Å². The lowest BCUT2D eigenvalue weighted by molar-refractivity contribution is -0.124. The summed E-state index contributed by atoms with van der Waals surface area (Å²) in [5.41, 5.74) is 0. The number of carbonyl (C=O) groups is 1. The molecule has 2 heterocycles. The van der Waals surface area contributed by atoms with Gasteiger partial charge in [0.1, 0.15) is 6.04 Å². The van der Waals surface area contributed by atoms with Crippen LogP contribution in [0.2, 0.25) is 0 Å². The fraction of sp³-hybridized carbons (Fsp3) is 0.933. The van der Waals surface area contributed by atoms with E-state index in [9.17, 15) is 13.2 Å². The van der Waals surface area contributed by atoms with Gasteiger partial charge in [0, 0.05) is 26.7 Å². The first-order valence-electron chi connectivity index (χ1n) is 8.37. The summed E-state index contributed by atoms with van der Waals surface area (Å²) < 4.78 is 29.8. The van der Waals surface area contributed by atoms with Gasteiger partial charge >= 0.3 is 0 Å². The lowest BCUT2D eigenvalue weighted by atomic mass is 9.96. The van der Waals surface area contributed by atoms with Gasteiger partial charge in [-0.15, -0.1) is 0 Å². The predicted molar refractivity (Wildman–Crippen MR) is 88.6 cm³/mol. The standard InChI is InChI=1S/C15H29N3O4S/c1-22-11-10-17-8-5-13(6-9-17)12-16-15(19)14-4-3-7-18(14)23(2,20)21/h13-14H,3-12H2,1-2H3,(H,16,19)/t14-/m1/s1. The molecule has 0 aromatic rings. The number of amides is 1. The number of hydrogen-bond donors (Lipinski definition) is 1. The lowest BCUT2D eigenvalue weighted by Crippen LogP contribution is -2.47. The first kappa shape index (κ1) is 18.6. The van der Waals surface area contributed by atoms with Crippen LogP contribution in [0.25, 0.3) is 0 Å². The van der Waals surface area contributed by atoms with E-state index in [0.29, 0.717) is 25.4 Å². The first-order chi connectivity index (χ1) is 10.9. The molecule has 1 N–H and O–H groups in total. The van der Waals surface area contributed by atoms with Crippen LogP contribution in [-0.4, -0.2) is 82.3 Å². The fourth-order valence-corrected chi connectivity index (χ4v) is 4.52. The third kappa shape index (κ3) is 5.41. The Balaban J connectivity index is 1.73. The highest BCUT2D eigenvalue weighted by molar-refractivity contribution is 7.88. The van der Waals surface area contributed by atoms with E-state index < -0.39 is 16.1 Å². The number of carbonyl (C=O) groups excluding carboxylic acids is 1. The van der Waals surface area contributed by atoms with Crippen LogP contribution in [0.15, 0.2) is 0 Å². The highest BCUT2D eigenvalue weighted by Gasteiger charge is 2.36. The van der Waals surface area contributed by atoms with E-state index in [1.54, 1.807) is 7.11 Å². The molecule has 1 amide bonds. The number of sulfonamides is 1. The predicted octanol–water partition coefficient (Wildman–Crippen LogP) is -0.115. The summed E-state index contributed by atoms with van der Waals surface area (Å²) in [5.74, 6) is 0.334. The Morgan fingerprint density at radius 3 is 2.52 bits per heavy atom. The lowest BCUT2D eigenvalue weighted by Gasteiger charge is -2.32. The van der Waals surface area contributed by atoms with Crippen molar-refractivity contribution in [2.24, 2.45) is 5.92 Å². The molecule has 23 heavy (non-hydrogen) atoms.